The Bertz CT molecular complexity index is 517. The Morgan fingerprint density at radius 3 is 2.78 bits per heavy atom. The fourth-order valence-corrected chi connectivity index (χ4v) is 1.67. The molecule has 2 rings (SSSR count). The molecule has 0 saturated heterocycles. The first-order valence-corrected chi connectivity index (χ1v) is 5.66. The van der Waals surface area contributed by atoms with Crippen LogP contribution < -0.4 is 5.73 Å². The smallest absolute Gasteiger partial charge is 0.277 e. The number of imidazole rings is 1. The topological polar surface area (TPSA) is 61.7 Å². The second-order valence-corrected chi connectivity index (χ2v) is 4.05. The van der Waals surface area contributed by atoms with Crippen molar-refractivity contribution in [3.63, 3.8) is 0 Å². The van der Waals surface area contributed by atoms with Gasteiger partial charge in [0.05, 0.1) is 37.5 Å². The highest BCUT2D eigenvalue weighted by atomic mass is 19.3. The lowest BCUT2D eigenvalue weighted by Crippen LogP contribution is -2.32. The van der Waals surface area contributed by atoms with Crippen molar-refractivity contribution in [1.29, 1.82) is 0 Å². The van der Waals surface area contributed by atoms with E-state index in [1.165, 1.54) is 10.9 Å². The van der Waals surface area contributed by atoms with E-state index >= 15 is 0 Å². The summed E-state index contributed by atoms with van der Waals surface area (Å²) in [6.07, 6.45) is 6.36. The van der Waals surface area contributed by atoms with Crippen LogP contribution in [0, 0.1) is 0 Å². The molecule has 0 aliphatic carbocycles. The Morgan fingerprint density at radius 2 is 2.17 bits per heavy atom. The lowest BCUT2D eigenvalue weighted by atomic mass is 10.2. The molecule has 0 aliphatic heterocycles. The second-order valence-electron chi connectivity index (χ2n) is 4.05. The maximum atomic E-state index is 13.3. The van der Waals surface area contributed by atoms with Crippen molar-refractivity contribution in [3.8, 4) is 11.3 Å². The number of aromatic nitrogens is 4. The molecule has 0 spiro atoms. The minimum atomic E-state index is -2.93. The van der Waals surface area contributed by atoms with E-state index in [4.69, 9.17) is 5.73 Å². The lowest BCUT2D eigenvalue weighted by molar-refractivity contribution is -0.00624. The van der Waals surface area contributed by atoms with Crippen LogP contribution in [-0.4, -0.2) is 31.8 Å². The molecule has 0 saturated carbocycles. The van der Waals surface area contributed by atoms with Crippen LogP contribution >= 0.6 is 0 Å². The van der Waals surface area contributed by atoms with Gasteiger partial charge >= 0.3 is 0 Å². The minimum Gasteiger partial charge on any atom is -0.325 e. The Hall–Kier alpha value is -1.76. The number of aryl methyl sites for hydroxylation is 1. The van der Waals surface area contributed by atoms with Crippen LogP contribution in [0.3, 0.4) is 0 Å². The fourth-order valence-electron chi connectivity index (χ4n) is 1.67. The van der Waals surface area contributed by atoms with Gasteiger partial charge in [0, 0.05) is 18.3 Å². The Kier molecular flexibility index (Phi) is 3.42. The van der Waals surface area contributed by atoms with Crippen molar-refractivity contribution in [2.75, 3.05) is 6.54 Å². The Labute approximate surface area is 103 Å². The van der Waals surface area contributed by atoms with Gasteiger partial charge in [-0.2, -0.15) is 5.10 Å². The molecule has 0 aliphatic rings. The van der Waals surface area contributed by atoms with Crippen molar-refractivity contribution in [2.24, 2.45) is 5.73 Å². The molecule has 7 heteroatoms. The van der Waals surface area contributed by atoms with E-state index in [2.05, 4.69) is 10.1 Å². The van der Waals surface area contributed by atoms with Gasteiger partial charge in [-0.05, 0) is 6.92 Å². The highest BCUT2D eigenvalue weighted by Crippen LogP contribution is 2.22. The fraction of sp³-hybridized carbons (Fsp3) is 0.455. The summed E-state index contributed by atoms with van der Waals surface area (Å²) in [7, 11) is 0. The summed E-state index contributed by atoms with van der Waals surface area (Å²) in [5, 5.41) is 4.11. The summed E-state index contributed by atoms with van der Waals surface area (Å²) in [6.45, 7) is 1.53. The van der Waals surface area contributed by atoms with Gasteiger partial charge in [-0.25, -0.2) is 13.8 Å². The SMILES string of the molecule is CCn1cc(-c2cncn2CC(F)(F)CN)cn1. The van der Waals surface area contributed by atoms with Crippen molar-refractivity contribution in [3.05, 3.63) is 24.9 Å². The quantitative estimate of drug-likeness (QED) is 0.877. The third-order valence-corrected chi connectivity index (χ3v) is 2.67. The molecule has 0 fully saturated rings. The van der Waals surface area contributed by atoms with Gasteiger partial charge in [0.25, 0.3) is 5.92 Å². The van der Waals surface area contributed by atoms with Crippen LogP contribution in [0.15, 0.2) is 24.9 Å². The summed E-state index contributed by atoms with van der Waals surface area (Å²) in [5.74, 6) is -2.93. The summed E-state index contributed by atoms with van der Waals surface area (Å²) >= 11 is 0. The molecule has 2 N–H and O–H groups in total. The van der Waals surface area contributed by atoms with Gasteiger partial charge in [-0.15, -0.1) is 0 Å². The van der Waals surface area contributed by atoms with Crippen LogP contribution in [0.5, 0.6) is 0 Å². The highest BCUT2D eigenvalue weighted by Gasteiger charge is 2.28. The second kappa shape index (κ2) is 4.85. The molecule has 0 unspecified atom stereocenters. The number of rotatable bonds is 5. The van der Waals surface area contributed by atoms with E-state index < -0.39 is 19.0 Å². The first-order chi connectivity index (χ1) is 8.55. The molecule has 0 bridgehead atoms. The third-order valence-electron chi connectivity index (χ3n) is 2.67. The van der Waals surface area contributed by atoms with Crippen LogP contribution in [0.4, 0.5) is 8.78 Å². The van der Waals surface area contributed by atoms with Crippen LogP contribution in [0.2, 0.25) is 0 Å². The van der Waals surface area contributed by atoms with Crippen molar-refractivity contribution in [2.45, 2.75) is 25.9 Å². The zero-order chi connectivity index (χ0) is 13.2. The summed E-state index contributed by atoms with van der Waals surface area (Å²) in [4.78, 5) is 3.90. The van der Waals surface area contributed by atoms with Gasteiger partial charge in [-0.3, -0.25) is 4.68 Å². The highest BCUT2D eigenvalue weighted by molar-refractivity contribution is 5.56. The van der Waals surface area contributed by atoms with E-state index in [0.29, 0.717) is 5.69 Å². The van der Waals surface area contributed by atoms with Gasteiger partial charge in [0.15, 0.2) is 0 Å². The first kappa shape index (κ1) is 12.7. The average Bonchev–Trinajstić information content (AvgIpc) is 2.96. The summed E-state index contributed by atoms with van der Waals surface area (Å²) in [6, 6.07) is 0. The number of alkyl halides is 2. The summed E-state index contributed by atoms with van der Waals surface area (Å²) < 4.78 is 29.7. The normalized spacial score (nSPS) is 12.0. The molecule has 0 aromatic carbocycles. The molecule has 0 amide bonds. The molecule has 2 aromatic rings. The molecule has 0 atom stereocenters. The van der Waals surface area contributed by atoms with Crippen LogP contribution in [-0.2, 0) is 13.1 Å². The molecule has 2 heterocycles. The van der Waals surface area contributed by atoms with Gasteiger partial charge < -0.3 is 10.3 Å². The Morgan fingerprint density at radius 1 is 1.39 bits per heavy atom. The average molecular weight is 255 g/mol. The molecule has 0 radical (unpaired) electrons. The summed E-state index contributed by atoms with van der Waals surface area (Å²) in [5.41, 5.74) is 6.42. The van der Waals surface area contributed by atoms with E-state index in [-0.39, 0.29) is 0 Å². The standard InChI is InChI=1S/C11H15F2N5/c1-2-18-5-9(3-16-18)10-4-15-8-17(10)7-11(12,13)6-14/h3-5,8H,2,6-7,14H2,1H3. The number of nitrogens with zero attached hydrogens (tertiary/aromatic N) is 4. The number of nitrogens with two attached hydrogens (primary N) is 1. The van der Waals surface area contributed by atoms with Gasteiger partial charge in [0.1, 0.15) is 0 Å². The van der Waals surface area contributed by atoms with Crippen LogP contribution in [0.1, 0.15) is 6.92 Å². The number of hydrogen-bond donors (Lipinski definition) is 1. The van der Waals surface area contributed by atoms with Gasteiger partial charge in [0.2, 0.25) is 0 Å². The molecular formula is C11H15F2N5. The molecule has 5 nitrogen and oxygen atoms in total. The van der Waals surface area contributed by atoms with Gasteiger partial charge in [-0.1, -0.05) is 0 Å². The zero-order valence-electron chi connectivity index (χ0n) is 10.1. The predicted molar refractivity (Wildman–Crippen MR) is 63.1 cm³/mol. The van der Waals surface area contributed by atoms with E-state index in [1.807, 2.05) is 6.92 Å². The zero-order valence-corrected chi connectivity index (χ0v) is 10.1. The molecule has 98 valence electrons. The lowest BCUT2D eigenvalue weighted by Gasteiger charge is -2.15. The predicted octanol–water partition coefficient (Wildman–Crippen LogP) is 1.36. The molecular weight excluding hydrogens is 240 g/mol. The minimum absolute atomic E-state index is 0.476. The number of halogens is 2. The monoisotopic (exact) mass is 255 g/mol. The Balaban J connectivity index is 2.27. The van der Waals surface area contributed by atoms with Crippen LogP contribution in [0.25, 0.3) is 11.3 Å². The molecule has 18 heavy (non-hydrogen) atoms. The maximum absolute atomic E-state index is 13.3. The van der Waals surface area contributed by atoms with E-state index in [1.54, 1.807) is 23.3 Å². The van der Waals surface area contributed by atoms with Crippen molar-refractivity contribution < 1.29 is 8.78 Å². The van der Waals surface area contributed by atoms with Crippen molar-refractivity contribution in [1.82, 2.24) is 19.3 Å². The molecule has 2 aromatic heterocycles. The number of hydrogen-bond acceptors (Lipinski definition) is 3. The third kappa shape index (κ3) is 2.56. The largest absolute Gasteiger partial charge is 0.325 e. The van der Waals surface area contributed by atoms with E-state index in [0.717, 1.165) is 12.1 Å². The maximum Gasteiger partial charge on any atom is 0.277 e. The first-order valence-electron chi connectivity index (χ1n) is 5.66. The van der Waals surface area contributed by atoms with E-state index in [9.17, 15) is 8.78 Å². The van der Waals surface area contributed by atoms with Crippen molar-refractivity contribution >= 4 is 0 Å².